The van der Waals surface area contributed by atoms with Gasteiger partial charge in [0, 0.05) is 12.5 Å². The molecule has 0 fully saturated rings. The van der Waals surface area contributed by atoms with E-state index in [9.17, 15) is 13.2 Å². The van der Waals surface area contributed by atoms with Crippen LogP contribution in [0.15, 0.2) is 54.3 Å². The van der Waals surface area contributed by atoms with Crippen LogP contribution in [0.2, 0.25) is 0 Å². The summed E-state index contributed by atoms with van der Waals surface area (Å²) in [5, 5.41) is 0. The van der Waals surface area contributed by atoms with Crippen LogP contribution in [-0.2, 0) is 0 Å². The van der Waals surface area contributed by atoms with E-state index in [4.69, 9.17) is 4.74 Å². The van der Waals surface area contributed by atoms with Gasteiger partial charge in [0.1, 0.15) is 23.2 Å². The SMILES string of the molecule is C=C/C(F)=C\C(F)=C(/CC)Oc1ccc(F)c([C@H](C)CC)c1. The molecule has 0 N–H and O–H groups in total. The summed E-state index contributed by atoms with van der Waals surface area (Å²) in [5.41, 5.74) is 0.517. The van der Waals surface area contributed by atoms with Gasteiger partial charge >= 0.3 is 0 Å². The second-order valence-corrected chi connectivity index (χ2v) is 4.95. The van der Waals surface area contributed by atoms with Gasteiger partial charge in [0.25, 0.3) is 0 Å². The molecule has 0 aromatic heterocycles. The Labute approximate surface area is 129 Å². The average Bonchev–Trinajstić information content (AvgIpc) is 2.52. The Morgan fingerprint density at radius 3 is 2.55 bits per heavy atom. The summed E-state index contributed by atoms with van der Waals surface area (Å²) in [6.07, 6.45) is 2.64. The van der Waals surface area contributed by atoms with Crippen LogP contribution in [0.4, 0.5) is 13.2 Å². The molecular weight excluding hydrogens is 289 g/mol. The molecule has 22 heavy (non-hydrogen) atoms. The van der Waals surface area contributed by atoms with Gasteiger partial charge in [-0.1, -0.05) is 27.4 Å². The van der Waals surface area contributed by atoms with Gasteiger partial charge in [-0.3, -0.25) is 0 Å². The predicted molar refractivity (Wildman–Crippen MR) is 83.5 cm³/mol. The molecule has 0 unspecified atom stereocenters. The fourth-order valence-electron chi connectivity index (χ4n) is 1.88. The molecule has 1 rings (SSSR count). The topological polar surface area (TPSA) is 9.23 Å². The normalized spacial score (nSPS) is 14.4. The summed E-state index contributed by atoms with van der Waals surface area (Å²) in [5.74, 6) is -1.57. The van der Waals surface area contributed by atoms with Gasteiger partial charge in [0.05, 0.1) is 0 Å². The van der Waals surface area contributed by atoms with Crippen molar-refractivity contribution in [1.29, 1.82) is 0 Å². The Bertz CT molecular complexity index is 588. The third-order valence-corrected chi connectivity index (χ3v) is 3.40. The van der Waals surface area contributed by atoms with Crippen molar-refractivity contribution in [2.45, 2.75) is 39.5 Å². The molecule has 0 spiro atoms. The predicted octanol–water partition coefficient (Wildman–Crippen LogP) is 6.35. The second-order valence-electron chi connectivity index (χ2n) is 4.95. The van der Waals surface area contributed by atoms with Crippen molar-refractivity contribution in [2.24, 2.45) is 0 Å². The van der Waals surface area contributed by atoms with E-state index in [1.807, 2.05) is 13.8 Å². The summed E-state index contributed by atoms with van der Waals surface area (Å²) in [6, 6.07) is 4.28. The number of benzene rings is 1. The largest absolute Gasteiger partial charge is 0.459 e. The van der Waals surface area contributed by atoms with E-state index in [1.165, 1.54) is 12.1 Å². The maximum Gasteiger partial charge on any atom is 0.164 e. The Morgan fingerprint density at radius 1 is 1.32 bits per heavy atom. The zero-order valence-electron chi connectivity index (χ0n) is 13.1. The summed E-state index contributed by atoms with van der Waals surface area (Å²) in [4.78, 5) is 0. The molecule has 0 aliphatic heterocycles. The lowest BCUT2D eigenvalue weighted by molar-refractivity contribution is 0.382. The molecule has 0 aliphatic rings. The molecule has 0 aliphatic carbocycles. The molecule has 1 aromatic rings. The summed E-state index contributed by atoms with van der Waals surface area (Å²) < 4.78 is 46.2. The minimum atomic E-state index is -0.811. The molecule has 120 valence electrons. The van der Waals surface area contributed by atoms with Crippen molar-refractivity contribution < 1.29 is 17.9 Å². The maximum atomic E-state index is 13.9. The lowest BCUT2D eigenvalue weighted by atomic mass is 9.98. The highest BCUT2D eigenvalue weighted by atomic mass is 19.1. The van der Waals surface area contributed by atoms with Gasteiger partial charge < -0.3 is 4.74 Å². The zero-order valence-corrected chi connectivity index (χ0v) is 13.1. The molecule has 0 heterocycles. The van der Waals surface area contributed by atoms with Gasteiger partial charge in [0.2, 0.25) is 0 Å². The standard InChI is InChI=1S/C18H21F3O/c1-5-12(4)15-11-14(8-9-16(15)20)22-18(7-3)17(21)10-13(19)6-2/h6,8-12H,2,5,7H2,1,3-4H3/b13-10+,18-17-/t12-/m1/s1. The molecular formula is C18H21F3O. The van der Waals surface area contributed by atoms with Gasteiger partial charge in [-0.05, 0) is 42.2 Å². The van der Waals surface area contributed by atoms with Gasteiger partial charge in [-0.25, -0.2) is 13.2 Å². The average molecular weight is 310 g/mol. The monoisotopic (exact) mass is 310 g/mol. The molecule has 1 aromatic carbocycles. The van der Waals surface area contributed by atoms with Gasteiger partial charge in [-0.15, -0.1) is 0 Å². The van der Waals surface area contributed by atoms with Crippen molar-refractivity contribution in [3.05, 3.63) is 65.7 Å². The molecule has 1 atom stereocenters. The summed E-state index contributed by atoms with van der Waals surface area (Å²) >= 11 is 0. The number of ether oxygens (including phenoxy) is 1. The van der Waals surface area contributed by atoms with Crippen molar-refractivity contribution in [3.63, 3.8) is 0 Å². The number of rotatable bonds is 7. The molecule has 0 saturated carbocycles. The molecule has 0 saturated heterocycles. The molecule has 4 heteroatoms. The number of hydrogen-bond donors (Lipinski definition) is 0. The Hall–Kier alpha value is -1.97. The third kappa shape index (κ3) is 4.79. The fourth-order valence-corrected chi connectivity index (χ4v) is 1.88. The molecule has 0 radical (unpaired) electrons. The van der Waals surface area contributed by atoms with Crippen LogP contribution in [0.1, 0.15) is 45.1 Å². The van der Waals surface area contributed by atoms with Crippen LogP contribution in [0.3, 0.4) is 0 Å². The first-order valence-corrected chi connectivity index (χ1v) is 7.28. The van der Waals surface area contributed by atoms with Crippen LogP contribution < -0.4 is 4.74 Å². The van der Waals surface area contributed by atoms with E-state index < -0.39 is 11.7 Å². The van der Waals surface area contributed by atoms with Gasteiger partial charge in [0.15, 0.2) is 5.83 Å². The maximum absolute atomic E-state index is 13.9. The smallest absolute Gasteiger partial charge is 0.164 e. The Balaban J connectivity index is 3.11. The highest BCUT2D eigenvalue weighted by Gasteiger charge is 2.13. The highest BCUT2D eigenvalue weighted by molar-refractivity contribution is 5.34. The van der Waals surface area contributed by atoms with E-state index in [2.05, 4.69) is 6.58 Å². The van der Waals surface area contributed by atoms with E-state index in [0.717, 1.165) is 12.5 Å². The van der Waals surface area contributed by atoms with Crippen LogP contribution in [0.25, 0.3) is 0 Å². The van der Waals surface area contributed by atoms with E-state index in [0.29, 0.717) is 17.4 Å². The van der Waals surface area contributed by atoms with Crippen molar-refractivity contribution >= 4 is 0 Å². The van der Waals surface area contributed by atoms with Crippen molar-refractivity contribution in [1.82, 2.24) is 0 Å². The lowest BCUT2D eigenvalue weighted by Gasteiger charge is -2.14. The highest BCUT2D eigenvalue weighted by Crippen LogP contribution is 2.28. The first-order chi connectivity index (χ1) is 10.4. The quantitative estimate of drug-likeness (QED) is 0.421. The van der Waals surface area contributed by atoms with Crippen molar-refractivity contribution in [2.75, 3.05) is 0 Å². The summed E-state index contributed by atoms with van der Waals surface area (Å²) in [7, 11) is 0. The molecule has 0 amide bonds. The Kier molecular flexibility index (Phi) is 6.96. The summed E-state index contributed by atoms with van der Waals surface area (Å²) in [6.45, 7) is 8.77. The Morgan fingerprint density at radius 2 is 2.00 bits per heavy atom. The van der Waals surface area contributed by atoms with E-state index in [-0.39, 0.29) is 23.9 Å². The number of allylic oxidation sites excluding steroid dienone is 5. The lowest BCUT2D eigenvalue weighted by Crippen LogP contribution is -2.00. The minimum Gasteiger partial charge on any atom is -0.459 e. The van der Waals surface area contributed by atoms with Crippen LogP contribution >= 0.6 is 0 Å². The van der Waals surface area contributed by atoms with Crippen LogP contribution in [-0.4, -0.2) is 0 Å². The first kappa shape index (κ1) is 18.1. The minimum absolute atomic E-state index is 0.0151. The second kappa shape index (κ2) is 8.47. The number of hydrogen-bond acceptors (Lipinski definition) is 1. The fraction of sp³-hybridized carbons (Fsp3) is 0.333. The zero-order chi connectivity index (χ0) is 16.7. The first-order valence-electron chi connectivity index (χ1n) is 7.28. The van der Waals surface area contributed by atoms with Crippen LogP contribution in [0.5, 0.6) is 5.75 Å². The van der Waals surface area contributed by atoms with Crippen molar-refractivity contribution in [3.8, 4) is 5.75 Å². The van der Waals surface area contributed by atoms with E-state index in [1.54, 1.807) is 13.0 Å². The van der Waals surface area contributed by atoms with Gasteiger partial charge in [-0.2, -0.15) is 0 Å². The number of halogens is 3. The molecule has 0 bridgehead atoms. The third-order valence-electron chi connectivity index (χ3n) is 3.40. The van der Waals surface area contributed by atoms with E-state index >= 15 is 0 Å². The molecule has 1 nitrogen and oxygen atoms in total. The van der Waals surface area contributed by atoms with Crippen LogP contribution in [0, 0.1) is 5.82 Å².